The van der Waals surface area contributed by atoms with Crippen molar-refractivity contribution < 1.29 is 14.9 Å². The van der Waals surface area contributed by atoms with Gasteiger partial charge in [0.2, 0.25) is 17.8 Å². The van der Waals surface area contributed by atoms with Crippen LogP contribution in [0.25, 0.3) is 0 Å². The fraction of sp³-hybridized carbons (Fsp3) is 0.750. The molecule has 9 heteroatoms. The molecule has 1 aliphatic rings. The van der Waals surface area contributed by atoms with Gasteiger partial charge in [0.15, 0.2) is 0 Å². The molecule has 1 aromatic heterocycles. The first kappa shape index (κ1) is 15.7. The Hall–Kier alpha value is -1.71. The van der Waals surface area contributed by atoms with Crippen molar-refractivity contribution >= 4 is 17.8 Å². The van der Waals surface area contributed by atoms with E-state index in [9.17, 15) is 5.11 Å². The van der Waals surface area contributed by atoms with Gasteiger partial charge in [0, 0.05) is 26.2 Å². The monoisotopic (exact) mass is 298 g/mol. The topological polar surface area (TPSA) is 116 Å². The summed E-state index contributed by atoms with van der Waals surface area (Å²) in [6, 6.07) is 0. The molecule has 0 amide bonds. The zero-order chi connectivity index (χ0) is 15.1. The Kier molecular flexibility index (Phi) is 5.90. The van der Waals surface area contributed by atoms with Gasteiger partial charge in [-0.15, -0.1) is 0 Å². The fourth-order valence-electron chi connectivity index (χ4n) is 1.86. The number of aromatic nitrogens is 3. The fourth-order valence-corrected chi connectivity index (χ4v) is 1.86. The first-order valence-corrected chi connectivity index (χ1v) is 7.08. The van der Waals surface area contributed by atoms with Gasteiger partial charge in [-0.05, 0) is 6.92 Å². The summed E-state index contributed by atoms with van der Waals surface area (Å²) >= 11 is 0. The largest absolute Gasteiger partial charge is 0.394 e. The van der Waals surface area contributed by atoms with Crippen LogP contribution in [0.15, 0.2) is 0 Å². The van der Waals surface area contributed by atoms with Crippen LogP contribution in [0.5, 0.6) is 0 Å². The smallest absolute Gasteiger partial charge is 0.232 e. The predicted molar refractivity (Wildman–Crippen MR) is 78.6 cm³/mol. The van der Waals surface area contributed by atoms with Crippen LogP contribution in [-0.2, 0) is 4.74 Å². The normalized spacial score (nSPS) is 16.6. The molecule has 2 heterocycles. The molecule has 0 bridgehead atoms. The summed E-state index contributed by atoms with van der Waals surface area (Å²) in [7, 11) is 0. The van der Waals surface area contributed by atoms with Crippen molar-refractivity contribution in [1.29, 1.82) is 0 Å². The molecule has 1 aliphatic heterocycles. The van der Waals surface area contributed by atoms with E-state index in [4.69, 9.17) is 9.84 Å². The first-order chi connectivity index (χ1) is 10.2. The van der Waals surface area contributed by atoms with Gasteiger partial charge in [0.05, 0.1) is 25.9 Å². The number of morpholine rings is 1. The molecule has 0 aromatic carbocycles. The number of ether oxygens (including phenoxy) is 1. The summed E-state index contributed by atoms with van der Waals surface area (Å²) in [5.74, 6) is 1.43. The van der Waals surface area contributed by atoms with E-state index in [0.717, 1.165) is 13.1 Å². The highest BCUT2D eigenvalue weighted by atomic mass is 16.5. The molecule has 1 fully saturated rings. The molecule has 1 unspecified atom stereocenters. The number of aliphatic hydroxyl groups is 2. The lowest BCUT2D eigenvalue weighted by Gasteiger charge is -2.27. The SMILES string of the molecule is CCNc1nc(NCC(O)CO)nc(N2CCOCC2)n1. The van der Waals surface area contributed by atoms with E-state index in [0.29, 0.717) is 37.6 Å². The molecule has 2 rings (SSSR count). The number of nitrogens with zero attached hydrogens (tertiary/aromatic N) is 4. The quantitative estimate of drug-likeness (QED) is 0.498. The van der Waals surface area contributed by atoms with E-state index in [2.05, 4.69) is 25.6 Å². The van der Waals surface area contributed by atoms with Crippen molar-refractivity contribution in [3.05, 3.63) is 0 Å². The second-order valence-electron chi connectivity index (χ2n) is 4.63. The zero-order valence-electron chi connectivity index (χ0n) is 12.1. The zero-order valence-corrected chi connectivity index (χ0v) is 12.1. The summed E-state index contributed by atoms with van der Waals surface area (Å²) in [4.78, 5) is 15.0. The maximum absolute atomic E-state index is 9.38. The molecule has 0 radical (unpaired) electrons. The maximum atomic E-state index is 9.38. The van der Waals surface area contributed by atoms with Crippen molar-refractivity contribution in [2.45, 2.75) is 13.0 Å². The Morgan fingerprint density at radius 1 is 1.19 bits per heavy atom. The van der Waals surface area contributed by atoms with Crippen LogP contribution in [0.1, 0.15) is 6.92 Å². The second kappa shape index (κ2) is 7.91. The lowest BCUT2D eigenvalue weighted by Crippen LogP contribution is -2.37. The molecule has 9 nitrogen and oxygen atoms in total. The van der Waals surface area contributed by atoms with Crippen molar-refractivity contribution in [2.24, 2.45) is 0 Å². The third-order valence-corrected chi connectivity index (χ3v) is 2.96. The van der Waals surface area contributed by atoms with Gasteiger partial charge < -0.3 is 30.5 Å². The molecule has 0 spiro atoms. The summed E-state index contributed by atoms with van der Waals surface area (Å²) in [6.45, 7) is 5.28. The van der Waals surface area contributed by atoms with Gasteiger partial charge in [-0.2, -0.15) is 15.0 Å². The third-order valence-electron chi connectivity index (χ3n) is 2.96. The van der Waals surface area contributed by atoms with E-state index in [1.54, 1.807) is 0 Å². The molecule has 4 N–H and O–H groups in total. The van der Waals surface area contributed by atoms with Crippen molar-refractivity contribution in [1.82, 2.24) is 15.0 Å². The van der Waals surface area contributed by atoms with Crippen LogP contribution in [0, 0.1) is 0 Å². The van der Waals surface area contributed by atoms with E-state index in [1.165, 1.54) is 0 Å². The van der Waals surface area contributed by atoms with E-state index < -0.39 is 6.10 Å². The predicted octanol–water partition coefficient (Wildman–Crippen LogP) is -1.09. The van der Waals surface area contributed by atoms with Crippen molar-refractivity contribution in [3.8, 4) is 0 Å². The molecule has 1 aromatic rings. The molecule has 21 heavy (non-hydrogen) atoms. The average molecular weight is 298 g/mol. The van der Waals surface area contributed by atoms with Gasteiger partial charge in [-0.1, -0.05) is 0 Å². The summed E-state index contributed by atoms with van der Waals surface area (Å²) in [6.07, 6.45) is -0.851. The van der Waals surface area contributed by atoms with Gasteiger partial charge in [0.1, 0.15) is 0 Å². The average Bonchev–Trinajstić information content (AvgIpc) is 2.53. The van der Waals surface area contributed by atoms with Crippen LogP contribution in [0.3, 0.4) is 0 Å². The summed E-state index contributed by atoms with van der Waals surface area (Å²) in [5.41, 5.74) is 0. The molecule has 118 valence electrons. The Bertz CT molecular complexity index is 441. The third kappa shape index (κ3) is 4.66. The summed E-state index contributed by atoms with van der Waals surface area (Å²) in [5, 5.41) is 24.2. The van der Waals surface area contributed by atoms with Crippen LogP contribution >= 0.6 is 0 Å². The van der Waals surface area contributed by atoms with Gasteiger partial charge in [-0.3, -0.25) is 0 Å². The van der Waals surface area contributed by atoms with Gasteiger partial charge in [0.25, 0.3) is 0 Å². The Balaban J connectivity index is 2.12. The Morgan fingerprint density at radius 3 is 2.48 bits per heavy atom. The van der Waals surface area contributed by atoms with Crippen LogP contribution < -0.4 is 15.5 Å². The molecule has 1 atom stereocenters. The minimum Gasteiger partial charge on any atom is -0.394 e. The number of rotatable bonds is 7. The Labute approximate surface area is 123 Å². The highest BCUT2D eigenvalue weighted by molar-refractivity contribution is 5.44. The number of nitrogens with one attached hydrogen (secondary N) is 2. The summed E-state index contributed by atoms with van der Waals surface area (Å²) < 4.78 is 5.32. The minimum atomic E-state index is -0.851. The Morgan fingerprint density at radius 2 is 1.86 bits per heavy atom. The second-order valence-corrected chi connectivity index (χ2v) is 4.63. The van der Waals surface area contributed by atoms with Gasteiger partial charge in [-0.25, -0.2) is 0 Å². The van der Waals surface area contributed by atoms with Crippen LogP contribution in [0.2, 0.25) is 0 Å². The van der Waals surface area contributed by atoms with E-state index >= 15 is 0 Å². The molecular formula is C12H22N6O3. The van der Waals surface area contributed by atoms with Crippen molar-refractivity contribution in [3.63, 3.8) is 0 Å². The van der Waals surface area contributed by atoms with Crippen molar-refractivity contribution in [2.75, 3.05) is 61.5 Å². The van der Waals surface area contributed by atoms with Gasteiger partial charge >= 0.3 is 0 Å². The number of aliphatic hydroxyl groups excluding tert-OH is 2. The maximum Gasteiger partial charge on any atom is 0.232 e. The minimum absolute atomic E-state index is 0.175. The first-order valence-electron chi connectivity index (χ1n) is 7.08. The lowest BCUT2D eigenvalue weighted by atomic mass is 10.4. The molecule has 0 saturated carbocycles. The van der Waals surface area contributed by atoms with E-state index in [1.807, 2.05) is 11.8 Å². The number of hydrogen-bond donors (Lipinski definition) is 4. The van der Waals surface area contributed by atoms with Crippen LogP contribution in [0.4, 0.5) is 17.8 Å². The highest BCUT2D eigenvalue weighted by Crippen LogP contribution is 2.15. The number of hydrogen-bond acceptors (Lipinski definition) is 9. The molecule has 0 aliphatic carbocycles. The number of anilines is 3. The molecule has 1 saturated heterocycles. The standard InChI is InChI=1S/C12H22N6O3/c1-2-13-10-15-11(14-7-9(20)8-19)17-12(16-10)18-3-5-21-6-4-18/h9,19-20H,2-8H2,1H3,(H2,13,14,15,16,17). The molecular weight excluding hydrogens is 276 g/mol. The highest BCUT2D eigenvalue weighted by Gasteiger charge is 2.16. The van der Waals surface area contributed by atoms with E-state index in [-0.39, 0.29) is 13.2 Å². The lowest BCUT2D eigenvalue weighted by molar-refractivity contribution is 0.105. The van der Waals surface area contributed by atoms with Crippen LogP contribution in [-0.4, -0.2) is 77.3 Å².